The highest BCUT2D eigenvalue weighted by atomic mass is 16.3. The summed E-state index contributed by atoms with van der Waals surface area (Å²) in [6.07, 6.45) is 0. The first-order valence-corrected chi connectivity index (χ1v) is 11.3. The molecule has 180 valence electrons. The highest BCUT2D eigenvalue weighted by Crippen LogP contribution is 2.37. The van der Waals surface area contributed by atoms with Gasteiger partial charge in [0, 0.05) is 5.56 Å². The van der Waals surface area contributed by atoms with Crippen LogP contribution in [0.4, 0.5) is 17.1 Å². The Kier molecular flexibility index (Phi) is 5.77. The van der Waals surface area contributed by atoms with Crippen molar-refractivity contribution in [2.75, 3.05) is 22.0 Å². The molecule has 2 amide bonds. The second-order valence-corrected chi connectivity index (χ2v) is 8.49. The number of carbonyl (C=O) groups excluding carboxylic acids is 2. The SMILES string of the molecule is CC1=NN(c2ccc(C)c(C)c2)C(=O)/C1=N\Nc1cccc(-c2cccc(N3N=NCC3=O)c2)c1O. The summed E-state index contributed by atoms with van der Waals surface area (Å²) in [6.45, 7) is 5.70. The molecule has 2 heterocycles. The largest absolute Gasteiger partial charge is 0.505 e. The number of phenolic OH excluding ortho intramolecular Hbond substituents is 1. The van der Waals surface area contributed by atoms with E-state index in [1.807, 2.05) is 38.1 Å². The zero-order valence-corrected chi connectivity index (χ0v) is 19.9. The summed E-state index contributed by atoms with van der Waals surface area (Å²) < 4.78 is 0. The summed E-state index contributed by atoms with van der Waals surface area (Å²) >= 11 is 0. The van der Waals surface area contributed by atoms with Gasteiger partial charge in [0.05, 0.1) is 22.8 Å². The third-order valence-electron chi connectivity index (χ3n) is 6.04. The van der Waals surface area contributed by atoms with Crippen molar-refractivity contribution in [3.63, 3.8) is 0 Å². The molecule has 10 heteroatoms. The molecule has 0 atom stereocenters. The van der Waals surface area contributed by atoms with E-state index in [0.29, 0.717) is 33.9 Å². The number of aromatic hydroxyl groups is 1. The van der Waals surface area contributed by atoms with E-state index in [-0.39, 0.29) is 29.8 Å². The van der Waals surface area contributed by atoms with Crippen LogP contribution in [-0.4, -0.2) is 34.9 Å². The zero-order valence-electron chi connectivity index (χ0n) is 19.9. The van der Waals surface area contributed by atoms with Gasteiger partial charge in [0.15, 0.2) is 5.71 Å². The van der Waals surface area contributed by atoms with Gasteiger partial charge in [0.2, 0.25) is 0 Å². The molecule has 0 aliphatic carbocycles. The lowest BCUT2D eigenvalue weighted by Gasteiger charge is -2.14. The smallest absolute Gasteiger partial charge is 0.301 e. The second-order valence-electron chi connectivity index (χ2n) is 8.49. The number of hydrazone groups is 2. The van der Waals surface area contributed by atoms with E-state index in [1.54, 1.807) is 43.3 Å². The molecule has 0 spiro atoms. The predicted molar refractivity (Wildman–Crippen MR) is 138 cm³/mol. The molecule has 0 radical (unpaired) electrons. The lowest BCUT2D eigenvalue weighted by atomic mass is 10.0. The van der Waals surface area contributed by atoms with Crippen LogP contribution in [0.25, 0.3) is 11.1 Å². The molecule has 0 aromatic heterocycles. The van der Waals surface area contributed by atoms with E-state index in [1.165, 1.54) is 10.0 Å². The summed E-state index contributed by atoms with van der Waals surface area (Å²) in [7, 11) is 0. The number of carbonyl (C=O) groups is 2. The zero-order chi connectivity index (χ0) is 25.4. The molecule has 36 heavy (non-hydrogen) atoms. The Balaban J connectivity index is 1.40. The number of hydrogen-bond donors (Lipinski definition) is 2. The van der Waals surface area contributed by atoms with Crippen molar-refractivity contribution >= 4 is 40.3 Å². The van der Waals surface area contributed by atoms with Crippen molar-refractivity contribution in [2.24, 2.45) is 20.5 Å². The number of para-hydroxylation sites is 1. The minimum Gasteiger partial charge on any atom is -0.505 e. The lowest BCUT2D eigenvalue weighted by Crippen LogP contribution is -2.28. The Labute approximate surface area is 207 Å². The monoisotopic (exact) mass is 481 g/mol. The van der Waals surface area contributed by atoms with Gasteiger partial charge in [-0.05, 0) is 67.8 Å². The lowest BCUT2D eigenvalue weighted by molar-refractivity contribution is -0.116. The number of amides is 2. The van der Waals surface area contributed by atoms with Crippen LogP contribution in [-0.2, 0) is 9.59 Å². The van der Waals surface area contributed by atoms with Crippen molar-refractivity contribution in [3.05, 3.63) is 71.8 Å². The first-order valence-electron chi connectivity index (χ1n) is 11.3. The quantitative estimate of drug-likeness (QED) is 0.409. The maximum Gasteiger partial charge on any atom is 0.301 e. The predicted octanol–water partition coefficient (Wildman–Crippen LogP) is 4.58. The molecule has 0 saturated carbocycles. The molecule has 10 nitrogen and oxygen atoms in total. The molecule has 0 unspecified atom stereocenters. The Morgan fingerprint density at radius 3 is 2.44 bits per heavy atom. The van der Waals surface area contributed by atoms with Gasteiger partial charge in [-0.25, -0.2) is 0 Å². The Morgan fingerprint density at radius 2 is 1.69 bits per heavy atom. The van der Waals surface area contributed by atoms with Crippen LogP contribution in [0, 0.1) is 13.8 Å². The molecule has 0 fully saturated rings. The van der Waals surface area contributed by atoms with Gasteiger partial charge in [-0.1, -0.05) is 35.6 Å². The van der Waals surface area contributed by atoms with Crippen molar-refractivity contribution < 1.29 is 14.7 Å². The fraction of sp³-hybridized carbons (Fsp3) is 0.154. The van der Waals surface area contributed by atoms with Gasteiger partial charge >= 0.3 is 5.91 Å². The topological polar surface area (TPSA) is 122 Å². The fourth-order valence-electron chi connectivity index (χ4n) is 3.91. The number of hydrogen-bond acceptors (Lipinski definition) is 8. The molecule has 5 rings (SSSR count). The number of anilines is 3. The third-order valence-corrected chi connectivity index (χ3v) is 6.04. The Hall–Kier alpha value is -4.86. The summed E-state index contributed by atoms with van der Waals surface area (Å²) in [5, 5.41) is 29.7. The minimum atomic E-state index is -0.365. The average molecular weight is 482 g/mol. The molecule has 2 N–H and O–H groups in total. The molecular formula is C26H23N7O3. The van der Waals surface area contributed by atoms with Crippen LogP contribution < -0.4 is 15.4 Å². The maximum atomic E-state index is 13.0. The number of benzene rings is 3. The van der Waals surface area contributed by atoms with Crippen LogP contribution in [0.5, 0.6) is 5.75 Å². The average Bonchev–Trinajstić information content (AvgIpc) is 3.42. The molecule has 0 saturated heterocycles. The van der Waals surface area contributed by atoms with Gasteiger partial charge < -0.3 is 5.11 Å². The van der Waals surface area contributed by atoms with Crippen molar-refractivity contribution in [2.45, 2.75) is 20.8 Å². The van der Waals surface area contributed by atoms with E-state index >= 15 is 0 Å². The number of nitrogens with one attached hydrogen (secondary N) is 1. The van der Waals surface area contributed by atoms with Crippen LogP contribution >= 0.6 is 0 Å². The van der Waals surface area contributed by atoms with E-state index in [2.05, 4.69) is 26.0 Å². The molecule has 3 aromatic carbocycles. The molecule has 0 bridgehead atoms. The van der Waals surface area contributed by atoms with E-state index in [4.69, 9.17) is 0 Å². The van der Waals surface area contributed by atoms with Crippen molar-refractivity contribution in [3.8, 4) is 16.9 Å². The molecule has 2 aliphatic rings. The second kappa shape index (κ2) is 9.06. The summed E-state index contributed by atoms with van der Waals surface area (Å²) in [4.78, 5) is 25.0. The Bertz CT molecular complexity index is 1490. The van der Waals surface area contributed by atoms with Crippen molar-refractivity contribution in [1.82, 2.24) is 0 Å². The van der Waals surface area contributed by atoms with E-state index < -0.39 is 0 Å². The van der Waals surface area contributed by atoms with Gasteiger partial charge in [-0.2, -0.15) is 25.3 Å². The minimum absolute atomic E-state index is 0.0115. The summed E-state index contributed by atoms with van der Waals surface area (Å²) in [5.74, 6) is -0.647. The fourth-order valence-corrected chi connectivity index (χ4v) is 3.91. The molecule has 2 aliphatic heterocycles. The number of aryl methyl sites for hydroxylation is 2. The number of phenols is 1. The van der Waals surface area contributed by atoms with Gasteiger partial charge in [0.1, 0.15) is 12.3 Å². The molecule has 3 aromatic rings. The van der Waals surface area contributed by atoms with Crippen LogP contribution in [0.15, 0.2) is 81.2 Å². The Morgan fingerprint density at radius 1 is 0.917 bits per heavy atom. The standard InChI is InChI=1S/C26H23N7O3/c1-15-10-11-20(12-16(15)2)33-26(36)24(17(3)30-33)29-28-22-9-5-8-21(25(22)35)18-6-4-7-19(13-18)32-23(34)14-27-31-32/h4-13,28,35H,14H2,1-3H3/b29-24-. The number of rotatable bonds is 5. The number of nitrogens with zero attached hydrogens (tertiary/aromatic N) is 6. The van der Waals surface area contributed by atoms with Crippen LogP contribution in [0.1, 0.15) is 18.1 Å². The van der Waals surface area contributed by atoms with Gasteiger partial charge in [-0.3, -0.25) is 15.0 Å². The first kappa shape index (κ1) is 22.9. The van der Waals surface area contributed by atoms with E-state index in [0.717, 1.165) is 11.1 Å². The third kappa shape index (κ3) is 4.09. The first-order chi connectivity index (χ1) is 17.3. The summed E-state index contributed by atoms with van der Waals surface area (Å²) in [6, 6.07) is 17.9. The van der Waals surface area contributed by atoms with Crippen LogP contribution in [0.2, 0.25) is 0 Å². The van der Waals surface area contributed by atoms with E-state index in [9.17, 15) is 14.7 Å². The van der Waals surface area contributed by atoms with Gasteiger partial charge in [-0.15, -0.1) is 0 Å². The van der Waals surface area contributed by atoms with Crippen LogP contribution in [0.3, 0.4) is 0 Å². The maximum absolute atomic E-state index is 13.0. The normalized spacial score (nSPS) is 16.3. The summed E-state index contributed by atoms with van der Waals surface area (Å²) in [5.41, 5.74) is 8.31. The van der Waals surface area contributed by atoms with Crippen molar-refractivity contribution in [1.29, 1.82) is 0 Å². The highest BCUT2D eigenvalue weighted by Gasteiger charge is 2.31. The van der Waals surface area contributed by atoms with Gasteiger partial charge in [0.25, 0.3) is 5.91 Å². The highest BCUT2D eigenvalue weighted by molar-refractivity contribution is 6.71. The molecular weight excluding hydrogens is 458 g/mol.